The van der Waals surface area contributed by atoms with Crippen molar-refractivity contribution in [2.24, 2.45) is 4.40 Å². The van der Waals surface area contributed by atoms with Crippen molar-refractivity contribution in [1.82, 2.24) is 4.57 Å². The second kappa shape index (κ2) is 7.07. The maximum atomic E-state index is 13.6. The van der Waals surface area contributed by atoms with Gasteiger partial charge in [-0.05, 0) is 35.6 Å². The Morgan fingerprint density at radius 3 is 2.58 bits per heavy atom. The molecule has 0 aliphatic carbocycles. The third-order valence-corrected chi connectivity index (χ3v) is 7.60. The Balaban J connectivity index is 1.78. The molecule has 1 aliphatic rings. The Morgan fingerprint density at radius 2 is 1.81 bits per heavy atom. The molecule has 0 radical (unpaired) electrons. The van der Waals surface area contributed by atoms with Crippen molar-refractivity contribution in [3.8, 4) is 5.75 Å². The van der Waals surface area contributed by atoms with Gasteiger partial charge in [0.05, 0.1) is 22.4 Å². The van der Waals surface area contributed by atoms with Crippen LogP contribution in [0.15, 0.2) is 74.1 Å². The molecular weight excluding hydrogens is 434 g/mol. The molecule has 2 aromatic carbocycles. The summed E-state index contributed by atoms with van der Waals surface area (Å²) in [6.07, 6.45) is 0. The Bertz CT molecular complexity index is 1530. The first-order valence-electron chi connectivity index (χ1n) is 9.45. The fourth-order valence-corrected chi connectivity index (χ4v) is 5.87. The van der Waals surface area contributed by atoms with Crippen molar-refractivity contribution < 1.29 is 13.5 Å². The van der Waals surface area contributed by atoms with Gasteiger partial charge in [-0.2, -0.15) is 8.42 Å². The zero-order chi connectivity index (χ0) is 21.8. The summed E-state index contributed by atoms with van der Waals surface area (Å²) in [5.41, 5.74) is 2.01. The van der Waals surface area contributed by atoms with E-state index in [4.69, 9.17) is 0 Å². The molecule has 0 spiro atoms. The third kappa shape index (κ3) is 3.13. The van der Waals surface area contributed by atoms with Crippen LogP contribution in [-0.4, -0.2) is 23.9 Å². The molecule has 4 aromatic rings. The third-order valence-electron chi connectivity index (χ3n) is 5.17. The predicted molar refractivity (Wildman–Crippen MR) is 122 cm³/mol. The average molecular weight is 452 g/mol. The molecule has 31 heavy (non-hydrogen) atoms. The van der Waals surface area contributed by atoms with Crippen molar-refractivity contribution in [2.45, 2.75) is 18.4 Å². The van der Waals surface area contributed by atoms with Crippen LogP contribution in [0, 0.1) is 6.92 Å². The number of aryl methyl sites for hydroxylation is 1. The van der Waals surface area contributed by atoms with E-state index in [1.165, 1.54) is 17.4 Å². The van der Waals surface area contributed by atoms with Crippen LogP contribution in [0.4, 0.5) is 5.69 Å². The van der Waals surface area contributed by atoms with Gasteiger partial charge in [-0.1, -0.05) is 42.5 Å². The van der Waals surface area contributed by atoms with E-state index >= 15 is 0 Å². The maximum Gasteiger partial charge on any atom is 0.286 e. The fourth-order valence-electron chi connectivity index (χ4n) is 3.75. The van der Waals surface area contributed by atoms with Crippen LogP contribution in [0.2, 0.25) is 0 Å². The lowest BCUT2D eigenvalue weighted by Crippen LogP contribution is -2.32. The highest BCUT2D eigenvalue weighted by Gasteiger charge is 2.30. The number of benzene rings is 2. The van der Waals surface area contributed by atoms with Gasteiger partial charge in [-0.25, -0.2) is 0 Å². The number of hydrogen-bond acceptors (Lipinski definition) is 6. The summed E-state index contributed by atoms with van der Waals surface area (Å²) < 4.78 is 31.3. The van der Waals surface area contributed by atoms with E-state index in [2.05, 4.69) is 9.71 Å². The first-order chi connectivity index (χ1) is 14.9. The van der Waals surface area contributed by atoms with Crippen LogP contribution in [-0.2, 0) is 16.6 Å². The van der Waals surface area contributed by atoms with Gasteiger partial charge < -0.3 is 15.0 Å². The number of hydrogen-bond donors (Lipinski definition) is 2. The number of para-hydroxylation sites is 1. The van der Waals surface area contributed by atoms with Crippen molar-refractivity contribution in [1.29, 1.82) is 0 Å². The van der Waals surface area contributed by atoms with Gasteiger partial charge in [-0.15, -0.1) is 15.7 Å². The van der Waals surface area contributed by atoms with Crippen molar-refractivity contribution in [3.63, 3.8) is 0 Å². The molecule has 0 unspecified atom stereocenters. The lowest BCUT2D eigenvalue weighted by atomic mass is 10.1. The topological polar surface area (TPSA) is 101 Å². The summed E-state index contributed by atoms with van der Waals surface area (Å²) in [6, 6.07) is 15.8. The molecule has 3 heterocycles. The number of fused-ring (bicyclic) bond motifs is 2. The fraction of sp³-hybridized carbons (Fsp3) is 0.0909. The standard InChI is InChI=1S/C22H17N3O4S2/c1-13-12-30-20-18(13)25(11-14-7-3-2-4-8-14)22(27)17(19(20)26)21-23-15-9-5-6-10-16(15)31(28,29)24-21/h2-10,12,26H,11H2,1H3,(H,23,24). The quantitative estimate of drug-likeness (QED) is 0.495. The number of aromatic nitrogens is 1. The number of anilines is 1. The molecule has 0 amide bonds. The molecule has 0 saturated carbocycles. The summed E-state index contributed by atoms with van der Waals surface area (Å²) in [6.45, 7) is 2.15. The molecule has 2 aromatic heterocycles. The summed E-state index contributed by atoms with van der Waals surface area (Å²) >= 11 is 1.30. The molecular formula is C22H17N3O4S2. The maximum absolute atomic E-state index is 13.6. The lowest BCUT2D eigenvalue weighted by Gasteiger charge is -2.20. The second-order valence-electron chi connectivity index (χ2n) is 7.23. The smallest absolute Gasteiger partial charge is 0.286 e. The normalized spacial score (nSPS) is 14.7. The van der Waals surface area contributed by atoms with Crippen LogP contribution >= 0.6 is 11.3 Å². The highest BCUT2D eigenvalue weighted by molar-refractivity contribution is 7.90. The predicted octanol–water partition coefficient (Wildman–Crippen LogP) is 3.69. The van der Waals surface area contributed by atoms with Gasteiger partial charge in [0.25, 0.3) is 15.6 Å². The van der Waals surface area contributed by atoms with E-state index in [1.54, 1.807) is 22.8 Å². The summed E-state index contributed by atoms with van der Waals surface area (Å²) in [5.74, 6) is -0.459. The molecule has 0 saturated heterocycles. The molecule has 156 valence electrons. The zero-order valence-corrected chi connectivity index (χ0v) is 18.0. The van der Waals surface area contributed by atoms with Crippen LogP contribution in [0.25, 0.3) is 10.2 Å². The number of amidine groups is 1. The molecule has 2 N–H and O–H groups in total. The van der Waals surface area contributed by atoms with Crippen LogP contribution in [0.3, 0.4) is 0 Å². The molecule has 0 atom stereocenters. The van der Waals surface area contributed by atoms with Crippen molar-refractivity contribution in [3.05, 3.63) is 87.0 Å². The van der Waals surface area contributed by atoms with Gasteiger partial charge in [0.2, 0.25) is 0 Å². The van der Waals surface area contributed by atoms with Gasteiger partial charge in [0, 0.05) is 0 Å². The van der Waals surface area contributed by atoms with Crippen LogP contribution in [0.1, 0.15) is 16.7 Å². The summed E-state index contributed by atoms with van der Waals surface area (Å²) in [7, 11) is -4.02. The zero-order valence-electron chi connectivity index (χ0n) is 16.4. The number of sulfonamides is 1. The number of thiophene rings is 1. The minimum atomic E-state index is -4.02. The minimum absolute atomic E-state index is 0.0240. The summed E-state index contributed by atoms with van der Waals surface area (Å²) in [4.78, 5) is 13.6. The monoisotopic (exact) mass is 451 g/mol. The Labute approximate surface area is 182 Å². The van der Waals surface area contributed by atoms with Gasteiger partial charge >= 0.3 is 0 Å². The van der Waals surface area contributed by atoms with Crippen molar-refractivity contribution >= 4 is 43.1 Å². The first kappa shape index (κ1) is 19.5. The Morgan fingerprint density at radius 1 is 1.10 bits per heavy atom. The molecule has 0 fully saturated rings. The van der Waals surface area contributed by atoms with Crippen molar-refractivity contribution in [2.75, 3.05) is 5.32 Å². The van der Waals surface area contributed by atoms with E-state index in [0.717, 1.165) is 11.1 Å². The number of rotatable bonds is 3. The number of nitrogens with one attached hydrogen (secondary N) is 1. The highest BCUT2D eigenvalue weighted by Crippen LogP contribution is 2.36. The second-order valence-corrected chi connectivity index (χ2v) is 9.69. The Hall–Kier alpha value is -3.43. The lowest BCUT2D eigenvalue weighted by molar-refractivity contribution is 0.478. The first-order valence-corrected chi connectivity index (χ1v) is 11.8. The Kier molecular flexibility index (Phi) is 4.45. The molecule has 9 heteroatoms. The SMILES string of the molecule is Cc1csc2c(O)c(C3=NS(=O)(=O)c4ccccc4N3)c(=O)n(Cc3ccccc3)c12. The van der Waals surface area contributed by atoms with Gasteiger partial charge in [0.15, 0.2) is 11.6 Å². The number of nitrogens with zero attached hydrogens (tertiary/aromatic N) is 2. The molecule has 5 rings (SSSR count). The van der Waals surface area contributed by atoms with Gasteiger partial charge in [0.1, 0.15) is 10.5 Å². The average Bonchev–Trinajstić information content (AvgIpc) is 3.13. The van der Waals surface area contributed by atoms with E-state index in [9.17, 15) is 18.3 Å². The van der Waals surface area contributed by atoms with E-state index in [-0.39, 0.29) is 28.6 Å². The molecule has 0 bridgehead atoms. The molecule has 1 aliphatic heterocycles. The van der Waals surface area contributed by atoms with E-state index < -0.39 is 15.6 Å². The van der Waals surface area contributed by atoms with Crippen LogP contribution < -0.4 is 10.9 Å². The summed E-state index contributed by atoms with van der Waals surface area (Å²) in [5, 5.41) is 15.8. The van der Waals surface area contributed by atoms with Crippen LogP contribution in [0.5, 0.6) is 5.75 Å². The highest BCUT2D eigenvalue weighted by atomic mass is 32.2. The van der Waals surface area contributed by atoms with Gasteiger partial charge in [-0.3, -0.25) is 4.79 Å². The van der Waals surface area contributed by atoms with E-state index in [0.29, 0.717) is 15.9 Å². The van der Waals surface area contributed by atoms with E-state index in [1.807, 2.05) is 42.6 Å². The number of aromatic hydroxyl groups is 1. The minimum Gasteiger partial charge on any atom is -0.505 e. The number of pyridine rings is 1. The molecule has 7 nitrogen and oxygen atoms in total. The largest absolute Gasteiger partial charge is 0.505 e.